The lowest BCUT2D eigenvalue weighted by atomic mass is 10.0. The highest BCUT2D eigenvalue weighted by atomic mass is 16.5. The van der Waals surface area contributed by atoms with E-state index >= 15 is 0 Å². The van der Waals surface area contributed by atoms with E-state index in [-0.39, 0.29) is 36.1 Å². The molecule has 0 radical (unpaired) electrons. The summed E-state index contributed by atoms with van der Waals surface area (Å²) in [6.45, 7) is 3.71. The van der Waals surface area contributed by atoms with Gasteiger partial charge in [0.25, 0.3) is 5.91 Å². The number of ether oxygens (including phenoxy) is 1. The molecule has 2 heterocycles. The summed E-state index contributed by atoms with van der Waals surface area (Å²) in [4.78, 5) is 36.5. The minimum absolute atomic E-state index is 0.0279. The minimum atomic E-state index is -0.729. The first kappa shape index (κ1) is 14.9. The molecule has 0 aromatic rings. The van der Waals surface area contributed by atoms with Crippen LogP contribution in [0.4, 0.5) is 0 Å². The van der Waals surface area contributed by atoms with Crippen molar-refractivity contribution in [2.75, 3.05) is 26.8 Å². The highest BCUT2D eigenvalue weighted by Gasteiger charge is 2.40. The Morgan fingerprint density at radius 3 is 2.75 bits per heavy atom. The molecular formula is C13H21N3O4. The molecule has 2 aliphatic heterocycles. The quantitative estimate of drug-likeness (QED) is 0.624. The fourth-order valence-electron chi connectivity index (χ4n) is 2.49. The lowest BCUT2D eigenvalue weighted by Gasteiger charge is -2.20. The Balaban J connectivity index is 1.91. The van der Waals surface area contributed by atoms with E-state index in [1.165, 1.54) is 7.05 Å². The molecule has 0 saturated carbocycles. The van der Waals surface area contributed by atoms with Crippen molar-refractivity contribution in [3.05, 3.63) is 0 Å². The van der Waals surface area contributed by atoms with Gasteiger partial charge in [-0.15, -0.1) is 0 Å². The smallest absolute Gasteiger partial charge is 0.252 e. The first-order valence-electron chi connectivity index (χ1n) is 6.96. The molecule has 3 unspecified atom stereocenters. The summed E-state index contributed by atoms with van der Waals surface area (Å²) in [7, 11) is 1.43. The molecule has 0 aliphatic carbocycles. The van der Waals surface area contributed by atoms with Crippen molar-refractivity contribution < 1.29 is 19.1 Å². The van der Waals surface area contributed by atoms with Crippen LogP contribution in [0.25, 0.3) is 0 Å². The number of likely N-dealkylation sites (tertiary alicyclic amines) is 1. The van der Waals surface area contributed by atoms with E-state index in [9.17, 15) is 14.4 Å². The molecule has 20 heavy (non-hydrogen) atoms. The Bertz CT molecular complexity index is 412. The number of amides is 3. The number of imide groups is 1. The van der Waals surface area contributed by atoms with Crippen molar-refractivity contribution in [2.45, 2.75) is 31.8 Å². The predicted molar refractivity (Wildman–Crippen MR) is 70.7 cm³/mol. The first-order chi connectivity index (χ1) is 9.54. The fourth-order valence-corrected chi connectivity index (χ4v) is 2.49. The van der Waals surface area contributed by atoms with Gasteiger partial charge in [-0.05, 0) is 13.0 Å². The number of carbonyl (C=O) groups excluding carboxylic acids is 3. The van der Waals surface area contributed by atoms with Gasteiger partial charge in [0.15, 0.2) is 0 Å². The summed E-state index contributed by atoms with van der Waals surface area (Å²) in [5, 5.41) is 5.93. The second-order valence-corrected chi connectivity index (χ2v) is 5.26. The summed E-state index contributed by atoms with van der Waals surface area (Å²) >= 11 is 0. The Labute approximate surface area is 118 Å². The molecule has 0 spiro atoms. The number of hydrogen-bond acceptors (Lipinski definition) is 5. The summed E-state index contributed by atoms with van der Waals surface area (Å²) in [5.41, 5.74) is 0. The zero-order chi connectivity index (χ0) is 14.7. The van der Waals surface area contributed by atoms with Gasteiger partial charge < -0.3 is 15.4 Å². The van der Waals surface area contributed by atoms with Crippen LogP contribution >= 0.6 is 0 Å². The third-order valence-corrected chi connectivity index (χ3v) is 3.77. The van der Waals surface area contributed by atoms with Crippen molar-refractivity contribution >= 4 is 17.7 Å². The molecule has 3 atom stereocenters. The molecule has 7 heteroatoms. The van der Waals surface area contributed by atoms with Gasteiger partial charge in [0.05, 0.1) is 25.6 Å². The van der Waals surface area contributed by atoms with Crippen LogP contribution in [0.3, 0.4) is 0 Å². The van der Waals surface area contributed by atoms with Crippen LogP contribution in [-0.4, -0.2) is 61.5 Å². The molecule has 2 N–H and O–H groups in total. The largest absolute Gasteiger partial charge is 0.379 e. The Kier molecular flexibility index (Phi) is 4.72. The van der Waals surface area contributed by atoms with Gasteiger partial charge >= 0.3 is 0 Å². The van der Waals surface area contributed by atoms with Crippen LogP contribution in [0.5, 0.6) is 0 Å². The SMILES string of the molecule is CCCNC1COCC1C(=O)NC1CC(=O)N(C)C1=O. The van der Waals surface area contributed by atoms with E-state index in [4.69, 9.17) is 4.74 Å². The van der Waals surface area contributed by atoms with Crippen LogP contribution in [0.2, 0.25) is 0 Å². The zero-order valence-corrected chi connectivity index (χ0v) is 11.8. The third kappa shape index (κ3) is 2.99. The number of hydrogen-bond donors (Lipinski definition) is 2. The van der Waals surface area contributed by atoms with Gasteiger partial charge in [0.2, 0.25) is 11.8 Å². The second-order valence-electron chi connectivity index (χ2n) is 5.26. The number of nitrogens with zero attached hydrogens (tertiary/aromatic N) is 1. The van der Waals surface area contributed by atoms with Gasteiger partial charge in [-0.25, -0.2) is 0 Å². The van der Waals surface area contributed by atoms with Gasteiger partial charge in [-0.2, -0.15) is 0 Å². The Morgan fingerprint density at radius 2 is 2.15 bits per heavy atom. The van der Waals surface area contributed by atoms with Gasteiger partial charge in [-0.3, -0.25) is 19.3 Å². The summed E-state index contributed by atoms with van der Waals surface area (Å²) in [6, 6.07) is -0.757. The molecule has 7 nitrogen and oxygen atoms in total. The maximum Gasteiger partial charge on any atom is 0.252 e. The van der Waals surface area contributed by atoms with E-state index in [0.29, 0.717) is 13.2 Å². The molecule has 2 rings (SSSR count). The number of likely N-dealkylation sites (N-methyl/N-ethyl adjacent to an activating group) is 1. The first-order valence-corrected chi connectivity index (χ1v) is 6.96. The number of nitrogens with one attached hydrogen (secondary N) is 2. The number of rotatable bonds is 5. The normalized spacial score (nSPS) is 30.1. The van der Waals surface area contributed by atoms with E-state index in [0.717, 1.165) is 17.9 Å². The van der Waals surface area contributed by atoms with Crippen LogP contribution in [0.15, 0.2) is 0 Å². The summed E-state index contributed by atoms with van der Waals surface area (Å²) in [5.74, 6) is -1.14. The van der Waals surface area contributed by atoms with Gasteiger partial charge in [0, 0.05) is 13.1 Å². The van der Waals surface area contributed by atoms with Gasteiger partial charge in [0.1, 0.15) is 6.04 Å². The molecule has 2 aliphatic rings. The maximum absolute atomic E-state index is 12.2. The molecule has 2 saturated heterocycles. The Morgan fingerprint density at radius 1 is 1.40 bits per heavy atom. The molecule has 2 fully saturated rings. The standard InChI is InChI=1S/C13H21N3O4/c1-3-4-14-10-7-20-6-8(10)12(18)15-9-5-11(17)16(2)13(9)19/h8-10,14H,3-7H2,1-2H3,(H,15,18). The minimum Gasteiger partial charge on any atom is -0.379 e. The second kappa shape index (κ2) is 6.32. The lowest BCUT2D eigenvalue weighted by Crippen LogP contribution is -2.48. The molecule has 112 valence electrons. The zero-order valence-electron chi connectivity index (χ0n) is 11.8. The maximum atomic E-state index is 12.2. The predicted octanol–water partition coefficient (Wildman–Crippen LogP) is -1.13. The van der Waals surface area contributed by atoms with Crippen molar-refractivity contribution in [1.29, 1.82) is 0 Å². The van der Waals surface area contributed by atoms with Crippen molar-refractivity contribution in [3.8, 4) is 0 Å². The fraction of sp³-hybridized carbons (Fsp3) is 0.769. The monoisotopic (exact) mass is 283 g/mol. The highest BCUT2D eigenvalue weighted by molar-refractivity contribution is 6.06. The topological polar surface area (TPSA) is 87.7 Å². The summed E-state index contributed by atoms with van der Waals surface area (Å²) < 4.78 is 5.34. The van der Waals surface area contributed by atoms with E-state index in [2.05, 4.69) is 17.6 Å². The molecule has 3 amide bonds. The molecule has 0 bridgehead atoms. The van der Waals surface area contributed by atoms with E-state index in [1.807, 2.05) is 0 Å². The molecular weight excluding hydrogens is 262 g/mol. The summed E-state index contributed by atoms with van der Waals surface area (Å²) in [6.07, 6.45) is 1.02. The van der Waals surface area contributed by atoms with Crippen molar-refractivity contribution in [3.63, 3.8) is 0 Å². The van der Waals surface area contributed by atoms with E-state index in [1.54, 1.807) is 0 Å². The van der Waals surface area contributed by atoms with Crippen molar-refractivity contribution in [1.82, 2.24) is 15.5 Å². The van der Waals surface area contributed by atoms with Crippen molar-refractivity contribution in [2.24, 2.45) is 5.92 Å². The third-order valence-electron chi connectivity index (χ3n) is 3.77. The Hall–Kier alpha value is -1.47. The van der Waals surface area contributed by atoms with Gasteiger partial charge in [-0.1, -0.05) is 6.92 Å². The highest BCUT2D eigenvalue weighted by Crippen LogP contribution is 2.16. The molecule has 0 aromatic heterocycles. The lowest BCUT2D eigenvalue weighted by molar-refractivity contribution is -0.138. The average molecular weight is 283 g/mol. The van der Waals surface area contributed by atoms with Crippen LogP contribution in [0, 0.1) is 5.92 Å². The van der Waals surface area contributed by atoms with Crippen LogP contribution < -0.4 is 10.6 Å². The van der Waals surface area contributed by atoms with Crippen LogP contribution in [0.1, 0.15) is 19.8 Å². The number of carbonyl (C=O) groups is 3. The average Bonchev–Trinajstić information content (AvgIpc) is 2.98. The molecule has 0 aromatic carbocycles. The van der Waals surface area contributed by atoms with E-state index < -0.39 is 6.04 Å². The van der Waals surface area contributed by atoms with Crippen LogP contribution in [-0.2, 0) is 19.1 Å².